The van der Waals surface area contributed by atoms with Crippen molar-refractivity contribution in [3.05, 3.63) is 18.2 Å². The van der Waals surface area contributed by atoms with Gasteiger partial charge in [0.25, 0.3) is 0 Å². The number of esters is 1. The summed E-state index contributed by atoms with van der Waals surface area (Å²) in [6.07, 6.45) is 2.47. The minimum absolute atomic E-state index is 0.128. The molecule has 0 spiro atoms. The van der Waals surface area contributed by atoms with Crippen LogP contribution in [0, 0.1) is 5.92 Å². The number of benzene rings is 1. The average Bonchev–Trinajstić information content (AvgIpc) is 3.00. The third-order valence-corrected chi connectivity index (χ3v) is 3.97. The molecule has 1 heterocycles. The van der Waals surface area contributed by atoms with Crippen LogP contribution in [0.25, 0.3) is 0 Å². The molecule has 1 fully saturated rings. The topological polar surface area (TPSA) is 48.0 Å². The van der Waals surface area contributed by atoms with Gasteiger partial charge < -0.3 is 19.1 Å². The molecule has 0 aliphatic carbocycles. The quantitative estimate of drug-likeness (QED) is 0.754. The molecule has 1 aliphatic heterocycles. The molecule has 0 bridgehead atoms. The molecule has 116 valence electrons. The highest BCUT2D eigenvalue weighted by molar-refractivity contribution is 5.69. The van der Waals surface area contributed by atoms with Crippen molar-refractivity contribution in [3.63, 3.8) is 0 Å². The van der Waals surface area contributed by atoms with Gasteiger partial charge in [-0.1, -0.05) is 0 Å². The van der Waals surface area contributed by atoms with E-state index in [1.807, 2.05) is 18.2 Å². The van der Waals surface area contributed by atoms with Crippen molar-refractivity contribution in [1.29, 1.82) is 0 Å². The lowest BCUT2D eigenvalue weighted by Gasteiger charge is -2.20. The second-order valence-corrected chi connectivity index (χ2v) is 5.29. The SMILES string of the molecule is COC(=O)CCC1CCN(c2cc(OC)cc(OC)c2)C1. The van der Waals surface area contributed by atoms with Gasteiger partial charge in [0.05, 0.1) is 21.3 Å². The molecule has 1 saturated heterocycles. The largest absolute Gasteiger partial charge is 0.497 e. The molecule has 21 heavy (non-hydrogen) atoms. The molecule has 1 atom stereocenters. The summed E-state index contributed by atoms with van der Waals surface area (Å²) in [6, 6.07) is 5.91. The summed E-state index contributed by atoms with van der Waals surface area (Å²) in [5, 5.41) is 0. The molecule has 1 aliphatic rings. The van der Waals surface area contributed by atoms with Crippen LogP contribution >= 0.6 is 0 Å². The van der Waals surface area contributed by atoms with E-state index in [2.05, 4.69) is 4.90 Å². The Kier molecular flexibility index (Phi) is 5.31. The summed E-state index contributed by atoms with van der Waals surface area (Å²) in [6.45, 7) is 1.94. The van der Waals surface area contributed by atoms with Crippen LogP contribution in [-0.2, 0) is 9.53 Å². The lowest BCUT2D eigenvalue weighted by Crippen LogP contribution is -2.20. The average molecular weight is 293 g/mol. The van der Waals surface area contributed by atoms with E-state index in [0.29, 0.717) is 12.3 Å². The van der Waals surface area contributed by atoms with Crippen LogP contribution in [0.2, 0.25) is 0 Å². The monoisotopic (exact) mass is 293 g/mol. The Hall–Kier alpha value is -1.91. The van der Waals surface area contributed by atoms with Gasteiger partial charge in [0.15, 0.2) is 0 Å². The smallest absolute Gasteiger partial charge is 0.305 e. The maximum Gasteiger partial charge on any atom is 0.305 e. The number of carbonyl (C=O) groups is 1. The normalized spacial score (nSPS) is 17.7. The van der Waals surface area contributed by atoms with Gasteiger partial charge in [-0.2, -0.15) is 0 Å². The van der Waals surface area contributed by atoms with Gasteiger partial charge in [0.2, 0.25) is 0 Å². The zero-order valence-electron chi connectivity index (χ0n) is 12.9. The van der Waals surface area contributed by atoms with E-state index >= 15 is 0 Å². The summed E-state index contributed by atoms with van der Waals surface area (Å²) in [5.41, 5.74) is 1.10. The van der Waals surface area contributed by atoms with Gasteiger partial charge in [-0.3, -0.25) is 4.79 Å². The van der Waals surface area contributed by atoms with Crippen LogP contribution in [-0.4, -0.2) is 40.4 Å². The Labute approximate surface area is 125 Å². The molecule has 1 aromatic rings. The van der Waals surface area contributed by atoms with E-state index in [0.717, 1.165) is 43.1 Å². The number of carbonyl (C=O) groups excluding carboxylic acids is 1. The Morgan fingerprint density at radius 1 is 1.19 bits per heavy atom. The van der Waals surface area contributed by atoms with E-state index in [9.17, 15) is 4.79 Å². The zero-order valence-corrected chi connectivity index (χ0v) is 12.9. The Bertz CT molecular complexity index is 467. The van der Waals surface area contributed by atoms with Crippen molar-refractivity contribution in [3.8, 4) is 11.5 Å². The molecular formula is C16H23NO4. The van der Waals surface area contributed by atoms with Crippen molar-refractivity contribution >= 4 is 11.7 Å². The molecule has 0 aromatic heterocycles. The number of anilines is 1. The van der Waals surface area contributed by atoms with Crippen LogP contribution in [0.5, 0.6) is 11.5 Å². The number of ether oxygens (including phenoxy) is 3. The van der Waals surface area contributed by atoms with Crippen molar-refractivity contribution in [2.75, 3.05) is 39.3 Å². The van der Waals surface area contributed by atoms with Gasteiger partial charge in [0, 0.05) is 43.4 Å². The first-order valence-electron chi connectivity index (χ1n) is 7.21. The fourth-order valence-corrected chi connectivity index (χ4v) is 2.70. The van der Waals surface area contributed by atoms with Crippen LogP contribution in [0.15, 0.2) is 18.2 Å². The molecule has 0 amide bonds. The van der Waals surface area contributed by atoms with Crippen LogP contribution in [0.4, 0.5) is 5.69 Å². The highest BCUT2D eigenvalue weighted by Gasteiger charge is 2.24. The fraction of sp³-hybridized carbons (Fsp3) is 0.562. The Morgan fingerprint density at radius 3 is 2.43 bits per heavy atom. The van der Waals surface area contributed by atoms with Crippen molar-refractivity contribution in [2.24, 2.45) is 5.92 Å². The molecule has 1 unspecified atom stereocenters. The fourth-order valence-electron chi connectivity index (χ4n) is 2.70. The minimum Gasteiger partial charge on any atom is -0.497 e. The van der Waals surface area contributed by atoms with Crippen LogP contribution in [0.3, 0.4) is 0 Å². The molecule has 0 saturated carbocycles. The van der Waals surface area contributed by atoms with E-state index in [4.69, 9.17) is 14.2 Å². The third kappa shape index (κ3) is 4.03. The van der Waals surface area contributed by atoms with Gasteiger partial charge in [-0.15, -0.1) is 0 Å². The Morgan fingerprint density at radius 2 is 1.86 bits per heavy atom. The zero-order chi connectivity index (χ0) is 15.2. The van der Waals surface area contributed by atoms with Gasteiger partial charge in [-0.25, -0.2) is 0 Å². The summed E-state index contributed by atoms with van der Waals surface area (Å²) < 4.78 is 15.3. The molecule has 0 N–H and O–H groups in total. The summed E-state index contributed by atoms with van der Waals surface area (Å²) in [4.78, 5) is 13.5. The predicted octanol–water partition coefficient (Wildman–Crippen LogP) is 2.48. The minimum atomic E-state index is -0.128. The summed E-state index contributed by atoms with van der Waals surface area (Å²) >= 11 is 0. The second-order valence-electron chi connectivity index (χ2n) is 5.29. The van der Waals surface area contributed by atoms with Crippen LogP contribution < -0.4 is 14.4 Å². The lowest BCUT2D eigenvalue weighted by atomic mass is 10.0. The Balaban J connectivity index is 1.99. The number of rotatable bonds is 6. The lowest BCUT2D eigenvalue weighted by molar-refractivity contribution is -0.140. The molecule has 2 rings (SSSR count). The number of hydrogen-bond acceptors (Lipinski definition) is 5. The maximum absolute atomic E-state index is 11.2. The van der Waals surface area contributed by atoms with Crippen molar-refractivity contribution in [2.45, 2.75) is 19.3 Å². The second kappa shape index (κ2) is 7.20. The third-order valence-electron chi connectivity index (χ3n) is 3.97. The van der Waals surface area contributed by atoms with Gasteiger partial charge >= 0.3 is 5.97 Å². The molecule has 0 radical (unpaired) electrons. The first kappa shape index (κ1) is 15.5. The summed E-state index contributed by atoms with van der Waals surface area (Å²) in [5.74, 6) is 1.99. The molecule has 1 aromatic carbocycles. The van der Waals surface area contributed by atoms with E-state index in [-0.39, 0.29) is 5.97 Å². The first-order chi connectivity index (χ1) is 10.2. The van der Waals surface area contributed by atoms with E-state index < -0.39 is 0 Å². The van der Waals surface area contributed by atoms with Crippen LogP contribution in [0.1, 0.15) is 19.3 Å². The highest BCUT2D eigenvalue weighted by Crippen LogP contribution is 2.32. The standard InChI is InChI=1S/C16H23NO4/c1-19-14-8-13(9-15(10-14)20-2)17-7-6-12(11-17)4-5-16(18)21-3/h8-10,12H,4-7,11H2,1-3H3. The van der Waals surface area contributed by atoms with Gasteiger partial charge in [-0.05, 0) is 18.8 Å². The highest BCUT2D eigenvalue weighted by atomic mass is 16.5. The number of methoxy groups -OCH3 is 3. The van der Waals surface area contributed by atoms with E-state index in [1.165, 1.54) is 7.11 Å². The molecule has 5 heteroatoms. The van der Waals surface area contributed by atoms with Crippen molar-refractivity contribution in [1.82, 2.24) is 0 Å². The molecule has 5 nitrogen and oxygen atoms in total. The maximum atomic E-state index is 11.2. The molecular weight excluding hydrogens is 270 g/mol. The van der Waals surface area contributed by atoms with Gasteiger partial charge in [0.1, 0.15) is 11.5 Å². The van der Waals surface area contributed by atoms with Crippen molar-refractivity contribution < 1.29 is 19.0 Å². The van der Waals surface area contributed by atoms with E-state index in [1.54, 1.807) is 14.2 Å². The first-order valence-corrected chi connectivity index (χ1v) is 7.21. The summed E-state index contributed by atoms with van der Waals surface area (Å²) in [7, 11) is 4.75. The number of nitrogens with zero attached hydrogens (tertiary/aromatic N) is 1. The number of hydrogen-bond donors (Lipinski definition) is 0. The predicted molar refractivity (Wildman–Crippen MR) is 81.1 cm³/mol.